The fourth-order valence-corrected chi connectivity index (χ4v) is 3.70. The zero-order valence-corrected chi connectivity index (χ0v) is 19.1. The Morgan fingerprint density at radius 3 is 2.31 bits per heavy atom. The molecule has 1 N–H and O–H groups in total. The van der Waals surface area contributed by atoms with Crippen molar-refractivity contribution in [1.82, 2.24) is 19.6 Å². The zero-order valence-electron chi connectivity index (χ0n) is 19.1. The van der Waals surface area contributed by atoms with E-state index in [0.717, 1.165) is 29.8 Å². The number of aromatic nitrogens is 4. The number of nitrogens with one attached hydrogen (secondary N) is 1. The number of anilines is 1. The van der Waals surface area contributed by atoms with Gasteiger partial charge in [0.05, 0.1) is 11.9 Å². The molecule has 0 saturated carbocycles. The van der Waals surface area contributed by atoms with Crippen LogP contribution in [0.5, 0.6) is 5.75 Å². The third-order valence-electron chi connectivity index (χ3n) is 5.56. The summed E-state index contributed by atoms with van der Waals surface area (Å²) in [5, 5.41) is 11.5. The molecular formula is C28H25N5O2. The molecule has 7 heteroatoms. The summed E-state index contributed by atoms with van der Waals surface area (Å²) in [6.07, 6.45) is 6.05. The van der Waals surface area contributed by atoms with E-state index in [-0.39, 0.29) is 12.6 Å². The number of benzene rings is 3. The summed E-state index contributed by atoms with van der Waals surface area (Å²) in [5.41, 5.74) is 4.47. The Morgan fingerprint density at radius 2 is 1.54 bits per heavy atom. The molecule has 0 aliphatic heterocycles. The summed E-state index contributed by atoms with van der Waals surface area (Å²) in [6, 6.07) is 30.0. The number of hydrogen-bond acceptors (Lipinski definition) is 4. The third kappa shape index (κ3) is 5.83. The smallest absolute Gasteiger partial charge is 0.276 e. The van der Waals surface area contributed by atoms with Gasteiger partial charge in [0.25, 0.3) is 5.91 Å². The van der Waals surface area contributed by atoms with Crippen molar-refractivity contribution < 1.29 is 9.53 Å². The molecule has 5 rings (SSSR count). The number of rotatable bonds is 9. The largest absolute Gasteiger partial charge is 0.471 e. The lowest BCUT2D eigenvalue weighted by Gasteiger charge is -2.07. The first-order valence-corrected chi connectivity index (χ1v) is 11.4. The highest BCUT2D eigenvalue weighted by Gasteiger charge is 2.11. The Hall–Kier alpha value is -4.65. The van der Waals surface area contributed by atoms with Crippen LogP contribution < -0.4 is 10.1 Å². The van der Waals surface area contributed by atoms with E-state index in [4.69, 9.17) is 4.74 Å². The Kier molecular flexibility index (Phi) is 6.66. The van der Waals surface area contributed by atoms with Gasteiger partial charge in [0.1, 0.15) is 5.75 Å². The van der Waals surface area contributed by atoms with Crippen molar-refractivity contribution in [3.8, 4) is 16.9 Å². The molecule has 2 heterocycles. The second-order valence-electron chi connectivity index (χ2n) is 8.09. The lowest BCUT2D eigenvalue weighted by molar-refractivity contribution is 0.102. The van der Waals surface area contributed by atoms with Crippen molar-refractivity contribution >= 4 is 11.6 Å². The average Bonchev–Trinajstić information content (AvgIpc) is 3.57. The minimum absolute atomic E-state index is 0.204. The molecule has 0 spiro atoms. The molecular weight excluding hydrogens is 438 g/mol. The maximum absolute atomic E-state index is 12.6. The van der Waals surface area contributed by atoms with Crippen LogP contribution >= 0.6 is 0 Å². The van der Waals surface area contributed by atoms with Gasteiger partial charge in [-0.2, -0.15) is 10.2 Å². The second-order valence-corrected chi connectivity index (χ2v) is 8.09. The molecule has 2 aromatic heterocycles. The molecule has 0 fully saturated rings. The van der Waals surface area contributed by atoms with Gasteiger partial charge < -0.3 is 10.1 Å². The first-order valence-electron chi connectivity index (χ1n) is 11.4. The van der Waals surface area contributed by atoms with Gasteiger partial charge in [0, 0.05) is 18.9 Å². The van der Waals surface area contributed by atoms with Crippen LogP contribution in [0.25, 0.3) is 11.1 Å². The number of carbonyl (C=O) groups is 1. The Labute approximate surface area is 203 Å². The van der Waals surface area contributed by atoms with E-state index in [1.165, 1.54) is 5.56 Å². The third-order valence-corrected chi connectivity index (χ3v) is 5.56. The standard InChI is InChI=1S/C28H25N5O2/c34-28(30-25-19-29-32(20-25)17-15-22-7-3-1-4-8-22)27-16-18-33(31-27)21-35-26-13-11-24(12-14-26)23-9-5-2-6-10-23/h1-14,16,18-20H,15,17,21H2,(H,30,34). The minimum atomic E-state index is -0.293. The van der Waals surface area contributed by atoms with E-state index in [2.05, 4.69) is 39.8 Å². The molecule has 0 saturated heterocycles. The van der Waals surface area contributed by atoms with E-state index >= 15 is 0 Å². The first kappa shape index (κ1) is 22.2. The van der Waals surface area contributed by atoms with Gasteiger partial charge in [-0.25, -0.2) is 4.68 Å². The Bertz CT molecular complexity index is 1380. The molecule has 3 aromatic carbocycles. The fourth-order valence-electron chi connectivity index (χ4n) is 3.70. The zero-order chi connectivity index (χ0) is 23.9. The highest BCUT2D eigenvalue weighted by molar-refractivity contribution is 6.02. The van der Waals surface area contributed by atoms with Crippen LogP contribution in [0.4, 0.5) is 5.69 Å². The van der Waals surface area contributed by atoms with E-state index < -0.39 is 0 Å². The predicted molar refractivity (Wildman–Crippen MR) is 135 cm³/mol. The van der Waals surface area contributed by atoms with Crippen molar-refractivity contribution in [3.63, 3.8) is 0 Å². The lowest BCUT2D eigenvalue weighted by Crippen LogP contribution is -2.14. The molecule has 35 heavy (non-hydrogen) atoms. The number of amides is 1. The van der Waals surface area contributed by atoms with Crippen molar-refractivity contribution in [2.24, 2.45) is 0 Å². The van der Waals surface area contributed by atoms with Gasteiger partial charge in [0.15, 0.2) is 12.4 Å². The molecule has 0 atom stereocenters. The summed E-state index contributed by atoms with van der Waals surface area (Å²) in [5.74, 6) is 0.438. The lowest BCUT2D eigenvalue weighted by atomic mass is 10.1. The van der Waals surface area contributed by atoms with Crippen molar-refractivity contribution in [3.05, 3.63) is 121 Å². The van der Waals surface area contributed by atoms with Crippen LogP contribution in [0.2, 0.25) is 0 Å². The summed E-state index contributed by atoms with van der Waals surface area (Å²) in [4.78, 5) is 12.6. The normalized spacial score (nSPS) is 10.7. The van der Waals surface area contributed by atoms with Crippen molar-refractivity contribution in [2.75, 3.05) is 5.32 Å². The van der Waals surface area contributed by atoms with Gasteiger partial charge >= 0.3 is 0 Å². The van der Waals surface area contributed by atoms with Crippen LogP contribution in [0.15, 0.2) is 110 Å². The summed E-state index contributed by atoms with van der Waals surface area (Å²) in [6.45, 7) is 0.938. The summed E-state index contributed by atoms with van der Waals surface area (Å²) >= 11 is 0. The number of hydrogen-bond donors (Lipinski definition) is 1. The van der Waals surface area contributed by atoms with Crippen molar-refractivity contribution in [2.45, 2.75) is 19.7 Å². The molecule has 0 unspecified atom stereocenters. The van der Waals surface area contributed by atoms with Crippen LogP contribution in [-0.2, 0) is 19.7 Å². The summed E-state index contributed by atoms with van der Waals surface area (Å²) in [7, 11) is 0. The van der Waals surface area contributed by atoms with Gasteiger partial charge in [-0.3, -0.25) is 9.48 Å². The summed E-state index contributed by atoms with van der Waals surface area (Å²) < 4.78 is 9.22. The molecule has 174 valence electrons. The maximum atomic E-state index is 12.6. The van der Waals surface area contributed by atoms with Crippen LogP contribution in [0.3, 0.4) is 0 Å². The first-order chi connectivity index (χ1) is 17.2. The molecule has 7 nitrogen and oxygen atoms in total. The van der Waals surface area contributed by atoms with Gasteiger partial charge in [-0.1, -0.05) is 72.8 Å². The van der Waals surface area contributed by atoms with Gasteiger partial charge in [0.2, 0.25) is 0 Å². The van der Waals surface area contributed by atoms with E-state index in [1.807, 2.05) is 71.5 Å². The van der Waals surface area contributed by atoms with Gasteiger partial charge in [-0.15, -0.1) is 0 Å². The molecule has 0 aliphatic carbocycles. The number of nitrogens with zero attached hydrogens (tertiary/aromatic N) is 4. The van der Waals surface area contributed by atoms with E-state index in [9.17, 15) is 4.79 Å². The highest BCUT2D eigenvalue weighted by atomic mass is 16.5. The highest BCUT2D eigenvalue weighted by Crippen LogP contribution is 2.22. The van der Waals surface area contributed by atoms with E-state index in [1.54, 1.807) is 23.1 Å². The SMILES string of the molecule is O=C(Nc1cnn(CCc2ccccc2)c1)c1ccn(COc2ccc(-c3ccccc3)cc2)n1. The quantitative estimate of drug-likeness (QED) is 0.323. The fraction of sp³-hybridized carbons (Fsp3) is 0.107. The Balaban J connectivity index is 1.12. The second kappa shape index (κ2) is 10.5. The Morgan fingerprint density at radius 1 is 0.829 bits per heavy atom. The number of aryl methyl sites for hydroxylation is 2. The number of carbonyl (C=O) groups excluding carboxylic acids is 1. The topological polar surface area (TPSA) is 74.0 Å². The minimum Gasteiger partial charge on any atom is -0.471 e. The van der Waals surface area contributed by atoms with Crippen molar-refractivity contribution in [1.29, 1.82) is 0 Å². The van der Waals surface area contributed by atoms with Crippen LogP contribution in [0, 0.1) is 0 Å². The van der Waals surface area contributed by atoms with E-state index in [0.29, 0.717) is 11.4 Å². The van der Waals surface area contributed by atoms with Gasteiger partial charge in [-0.05, 0) is 41.3 Å². The molecule has 0 aliphatic rings. The van der Waals surface area contributed by atoms with Crippen LogP contribution in [0.1, 0.15) is 16.1 Å². The maximum Gasteiger partial charge on any atom is 0.276 e. The monoisotopic (exact) mass is 463 g/mol. The molecule has 0 bridgehead atoms. The average molecular weight is 464 g/mol. The van der Waals surface area contributed by atoms with Crippen LogP contribution in [-0.4, -0.2) is 25.5 Å². The molecule has 5 aromatic rings. The molecule has 1 amide bonds. The predicted octanol–water partition coefficient (Wildman–Crippen LogP) is 5.28. The molecule has 0 radical (unpaired) electrons. The number of ether oxygens (including phenoxy) is 1.